The number of guanidine groups is 1. The van der Waals surface area contributed by atoms with Crippen LogP contribution in [-0.4, -0.2) is 36.6 Å². The molecule has 2 unspecified atom stereocenters. The summed E-state index contributed by atoms with van der Waals surface area (Å²) >= 11 is 1.99. The number of hydrogen-bond acceptors (Lipinski definition) is 2. The third-order valence-corrected chi connectivity index (χ3v) is 4.30. The van der Waals surface area contributed by atoms with Crippen molar-refractivity contribution >= 4 is 41.7 Å². The zero-order chi connectivity index (χ0) is 13.2. The minimum atomic E-state index is 0. The van der Waals surface area contributed by atoms with Gasteiger partial charge in [0.1, 0.15) is 0 Å². The van der Waals surface area contributed by atoms with Gasteiger partial charge in [-0.3, -0.25) is 4.99 Å². The molecule has 0 bridgehead atoms. The summed E-state index contributed by atoms with van der Waals surface area (Å²) in [5, 5.41) is 7.71. The predicted octanol–water partition coefficient (Wildman–Crippen LogP) is 3.41. The fourth-order valence-corrected chi connectivity index (χ4v) is 3.01. The molecule has 1 rings (SSSR count). The Bertz CT molecular complexity index is 282. The molecule has 2 atom stereocenters. The van der Waals surface area contributed by atoms with E-state index >= 15 is 0 Å². The Labute approximate surface area is 139 Å². The first kappa shape index (κ1) is 19.1. The molecule has 0 heterocycles. The summed E-state index contributed by atoms with van der Waals surface area (Å²) in [4.78, 5) is 4.60. The third-order valence-electron chi connectivity index (χ3n) is 3.20. The maximum atomic E-state index is 4.60. The summed E-state index contributed by atoms with van der Waals surface area (Å²) < 4.78 is 0. The van der Waals surface area contributed by atoms with Gasteiger partial charge in [-0.25, -0.2) is 0 Å². The Kier molecular flexibility index (Phi) is 11.9. The predicted molar refractivity (Wildman–Crippen MR) is 98.9 cm³/mol. The lowest BCUT2D eigenvalue weighted by atomic mass is 10.2. The lowest BCUT2D eigenvalue weighted by Crippen LogP contribution is -2.42. The van der Waals surface area contributed by atoms with Crippen LogP contribution in [0.3, 0.4) is 0 Å². The average molecular weight is 397 g/mol. The molecule has 1 saturated carbocycles. The molecular formula is C14H28IN3S. The zero-order valence-electron chi connectivity index (χ0n) is 12.3. The van der Waals surface area contributed by atoms with Crippen LogP contribution in [0, 0.1) is 0 Å². The summed E-state index contributed by atoms with van der Waals surface area (Å²) in [5.41, 5.74) is 0. The second-order valence-electron chi connectivity index (χ2n) is 4.63. The van der Waals surface area contributed by atoms with Crippen LogP contribution in [0.15, 0.2) is 17.1 Å². The standard InChI is InChI=1S/C14H27N3S.HI/c1-4-6-7-10-16-14(15-5-2)17-12-8-9-13(11-12)18-3;/h4,6,12-13H,5,7-11H2,1-3H3,(H2,15,16,17);1H/b6-4+;. The number of rotatable bonds is 6. The van der Waals surface area contributed by atoms with Crippen molar-refractivity contribution in [1.29, 1.82) is 0 Å². The van der Waals surface area contributed by atoms with Crippen LogP contribution in [-0.2, 0) is 0 Å². The van der Waals surface area contributed by atoms with Crippen molar-refractivity contribution in [3.05, 3.63) is 12.2 Å². The number of halogens is 1. The molecule has 1 fully saturated rings. The van der Waals surface area contributed by atoms with Gasteiger partial charge < -0.3 is 10.6 Å². The van der Waals surface area contributed by atoms with Crippen LogP contribution in [0.1, 0.15) is 39.5 Å². The van der Waals surface area contributed by atoms with Crippen molar-refractivity contribution in [3.63, 3.8) is 0 Å². The molecule has 0 aliphatic heterocycles. The van der Waals surface area contributed by atoms with E-state index in [0.717, 1.165) is 30.7 Å². The van der Waals surface area contributed by atoms with E-state index in [9.17, 15) is 0 Å². The van der Waals surface area contributed by atoms with Gasteiger partial charge in [-0.05, 0) is 45.8 Å². The van der Waals surface area contributed by atoms with Crippen LogP contribution >= 0.6 is 35.7 Å². The number of nitrogens with one attached hydrogen (secondary N) is 2. The molecule has 1 aliphatic carbocycles. The highest BCUT2D eigenvalue weighted by Gasteiger charge is 2.24. The van der Waals surface area contributed by atoms with E-state index in [-0.39, 0.29) is 24.0 Å². The average Bonchev–Trinajstić information content (AvgIpc) is 2.82. The summed E-state index contributed by atoms with van der Waals surface area (Å²) in [6.45, 7) is 5.95. The van der Waals surface area contributed by atoms with E-state index in [1.165, 1.54) is 19.3 Å². The summed E-state index contributed by atoms with van der Waals surface area (Å²) in [7, 11) is 0. The van der Waals surface area contributed by atoms with Crippen molar-refractivity contribution in [2.24, 2.45) is 4.99 Å². The highest BCUT2D eigenvalue weighted by atomic mass is 127. The van der Waals surface area contributed by atoms with Crippen LogP contribution in [0.25, 0.3) is 0 Å². The zero-order valence-corrected chi connectivity index (χ0v) is 15.5. The van der Waals surface area contributed by atoms with Gasteiger partial charge in [0, 0.05) is 24.4 Å². The molecule has 0 aromatic heterocycles. The molecule has 1 aliphatic rings. The van der Waals surface area contributed by atoms with E-state index in [4.69, 9.17) is 0 Å². The Morgan fingerprint density at radius 3 is 2.79 bits per heavy atom. The maximum Gasteiger partial charge on any atom is 0.191 e. The molecule has 0 radical (unpaired) electrons. The van der Waals surface area contributed by atoms with Crippen LogP contribution < -0.4 is 10.6 Å². The molecule has 5 heteroatoms. The molecule has 0 aromatic carbocycles. The van der Waals surface area contributed by atoms with E-state index in [1.807, 2.05) is 18.7 Å². The molecule has 0 saturated heterocycles. The quantitative estimate of drug-likeness (QED) is 0.237. The van der Waals surface area contributed by atoms with Gasteiger partial charge >= 0.3 is 0 Å². The van der Waals surface area contributed by atoms with Crippen LogP contribution in [0.5, 0.6) is 0 Å². The number of nitrogens with zero attached hydrogens (tertiary/aromatic N) is 1. The molecule has 19 heavy (non-hydrogen) atoms. The van der Waals surface area contributed by atoms with Gasteiger partial charge in [0.05, 0.1) is 0 Å². The Morgan fingerprint density at radius 2 is 2.21 bits per heavy atom. The van der Waals surface area contributed by atoms with Gasteiger partial charge in [0.2, 0.25) is 0 Å². The third kappa shape index (κ3) is 8.07. The van der Waals surface area contributed by atoms with Gasteiger partial charge in [0.25, 0.3) is 0 Å². The summed E-state index contributed by atoms with van der Waals surface area (Å²) in [5.74, 6) is 0.980. The normalized spacial score (nSPS) is 23.4. The second-order valence-corrected chi connectivity index (χ2v) is 5.77. The van der Waals surface area contributed by atoms with E-state index in [1.54, 1.807) is 0 Å². The van der Waals surface area contributed by atoms with Gasteiger partial charge in [0.15, 0.2) is 5.96 Å². The van der Waals surface area contributed by atoms with E-state index in [2.05, 4.69) is 41.0 Å². The van der Waals surface area contributed by atoms with Crippen molar-refractivity contribution in [2.75, 3.05) is 19.3 Å². The molecule has 112 valence electrons. The summed E-state index contributed by atoms with van der Waals surface area (Å²) in [6.07, 6.45) is 11.3. The molecule has 2 N–H and O–H groups in total. The number of hydrogen-bond donors (Lipinski definition) is 2. The number of thioether (sulfide) groups is 1. The number of allylic oxidation sites excluding steroid dienone is 1. The fraction of sp³-hybridized carbons (Fsp3) is 0.786. The topological polar surface area (TPSA) is 36.4 Å². The summed E-state index contributed by atoms with van der Waals surface area (Å²) in [6, 6.07) is 0.599. The fourth-order valence-electron chi connectivity index (χ4n) is 2.22. The minimum Gasteiger partial charge on any atom is -0.357 e. The highest BCUT2D eigenvalue weighted by Crippen LogP contribution is 2.27. The first-order valence-electron chi connectivity index (χ1n) is 6.99. The monoisotopic (exact) mass is 397 g/mol. The maximum absolute atomic E-state index is 4.60. The number of aliphatic imine (C=N–C) groups is 1. The lowest BCUT2D eigenvalue weighted by Gasteiger charge is -2.17. The smallest absolute Gasteiger partial charge is 0.191 e. The van der Waals surface area contributed by atoms with Crippen LogP contribution in [0.4, 0.5) is 0 Å². The molecular weight excluding hydrogens is 369 g/mol. The first-order valence-corrected chi connectivity index (χ1v) is 8.27. The van der Waals surface area contributed by atoms with Crippen molar-refractivity contribution in [1.82, 2.24) is 10.6 Å². The molecule has 0 spiro atoms. The molecule has 0 amide bonds. The van der Waals surface area contributed by atoms with Crippen molar-refractivity contribution < 1.29 is 0 Å². The minimum absolute atomic E-state index is 0. The SMILES string of the molecule is C/C=C/CCN=C(NCC)NC1CCC(SC)C1.I. The lowest BCUT2D eigenvalue weighted by molar-refractivity contribution is 0.615. The Hall–Kier alpha value is 0.0900. The van der Waals surface area contributed by atoms with E-state index in [0.29, 0.717) is 6.04 Å². The van der Waals surface area contributed by atoms with Gasteiger partial charge in [-0.15, -0.1) is 24.0 Å². The molecule has 0 aromatic rings. The Morgan fingerprint density at radius 1 is 1.42 bits per heavy atom. The van der Waals surface area contributed by atoms with Gasteiger partial charge in [-0.2, -0.15) is 11.8 Å². The van der Waals surface area contributed by atoms with Crippen molar-refractivity contribution in [3.8, 4) is 0 Å². The van der Waals surface area contributed by atoms with E-state index < -0.39 is 0 Å². The molecule has 3 nitrogen and oxygen atoms in total. The Balaban J connectivity index is 0.00000324. The van der Waals surface area contributed by atoms with Gasteiger partial charge in [-0.1, -0.05) is 12.2 Å². The van der Waals surface area contributed by atoms with Crippen molar-refractivity contribution in [2.45, 2.75) is 50.8 Å². The second kappa shape index (κ2) is 11.9. The van der Waals surface area contributed by atoms with Crippen LogP contribution in [0.2, 0.25) is 0 Å². The first-order chi connectivity index (χ1) is 8.80. The highest BCUT2D eigenvalue weighted by molar-refractivity contribution is 14.0. The largest absolute Gasteiger partial charge is 0.357 e.